The number of hydrogen-bond acceptors (Lipinski definition) is 4. The van der Waals surface area contributed by atoms with Crippen LogP contribution in [0.2, 0.25) is 0 Å². The number of hydrogen-bond donors (Lipinski definition) is 1. The summed E-state index contributed by atoms with van der Waals surface area (Å²) in [5, 5.41) is 2.87. The van der Waals surface area contributed by atoms with Gasteiger partial charge in [0.25, 0.3) is 0 Å². The van der Waals surface area contributed by atoms with E-state index in [9.17, 15) is 14.4 Å². The van der Waals surface area contributed by atoms with Gasteiger partial charge in [-0.3, -0.25) is 14.4 Å². The Labute approximate surface area is 139 Å². The largest absolute Gasteiger partial charge is 0.350 e. The molecule has 2 aliphatic rings. The van der Waals surface area contributed by atoms with Gasteiger partial charge in [-0.05, 0) is 5.56 Å². The van der Waals surface area contributed by atoms with Crippen molar-refractivity contribution in [1.82, 2.24) is 15.1 Å². The quantitative estimate of drug-likeness (QED) is 0.849. The molecule has 1 atom stereocenters. The fourth-order valence-electron chi connectivity index (χ4n) is 2.81. The van der Waals surface area contributed by atoms with Gasteiger partial charge in [0, 0.05) is 19.5 Å². The van der Waals surface area contributed by atoms with Crippen molar-refractivity contribution >= 4 is 29.5 Å². The minimum Gasteiger partial charge on any atom is -0.350 e. The summed E-state index contributed by atoms with van der Waals surface area (Å²) in [4.78, 5) is 38.9. The van der Waals surface area contributed by atoms with Gasteiger partial charge < -0.3 is 15.1 Å². The Morgan fingerprint density at radius 2 is 1.96 bits per heavy atom. The zero-order valence-electron chi connectivity index (χ0n) is 12.7. The Morgan fingerprint density at radius 1 is 1.17 bits per heavy atom. The van der Waals surface area contributed by atoms with Gasteiger partial charge in [-0.1, -0.05) is 30.3 Å². The minimum absolute atomic E-state index is 0.00153. The van der Waals surface area contributed by atoms with Crippen LogP contribution in [-0.4, -0.2) is 58.3 Å². The van der Waals surface area contributed by atoms with E-state index in [2.05, 4.69) is 5.32 Å². The molecule has 1 aromatic rings. The van der Waals surface area contributed by atoms with E-state index in [4.69, 9.17) is 0 Å². The lowest BCUT2D eigenvalue weighted by Crippen LogP contribution is -2.43. The van der Waals surface area contributed by atoms with Gasteiger partial charge in [0.15, 0.2) is 0 Å². The molecule has 0 unspecified atom stereocenters. The molecule has 0 aromatic heterocycles. The van der Waals surface area contributed by atoms with Crippen molar-refractivity contribution in [3.8, 4) is 0 Å². The average molecular weight is 333 g/mol. The number of benzene rings is 1. The summed E-state index contributed by atoms with van der Waals surface area (Å²) in [6.07, 6.45) is 0.321. The van der Waals surface area contributed by atoms with Gasteiger partial charge in [0.05, 0.1) is 17.7 Å². The van der Waals surface area contributed by atoms with Crippen LogP contribution in [0.3, 0.4) is 0 Å². The molecule has 1 N–H and O–H groups in total. The second-order valence-electron chi connectivity index (χ2n) is 5.80. The highest BCUT2D eigenvalue weighted by atomic mass is 32.2. The Bertz CT molecular complexity index is 608. The Hall–Kier alpha value is -2.02. The van der Waals surface area contributed by atoms with Crippen LogP contribution in [0.5, 0.6) is 0 Å². The molecular weight excluding hydrogens is 314 g/mol. The van der Waals surface area contributed by atoms with Gasteiger partial charge in [-0.15, -0.1) is 11.8 Å². The zero-order chi connectivity index (χ0) is 16.2. The first-order valence-electron chi connectivity index (χ1n) is 7.58. The lowest BCUT2D eigenvalue weighted by Gasteiger charge is -2.19. The molecule has 0 spiro atoms. The van der Waals surface area contributed by atoms with Crippen molar-refractivity contribution in [3.05, 3.63) is 35.9 Å². The standard InChI is InChI=1S/C16H19N3O3S/c20-14(9-19-11-23-10-16(19)22)17-13-6-15(21)18(8-13)7-12-4-2-1-3-5-12/h1-5,13H,6-11H2,(H,17,20)/t13-/m1/s1. The number of amides is 3. The third-order valence-corrected chi connectivity index (χ3v) is 4.90. The van der Waals surface area contributed by atoms with Crippen LogP contribution in [0.1, 0.15) is 12.0 Å². The summed E-state index contributed by atoms with van der Waals surface area (Å²) in [6.45, 7) is 1.16. The molecule has 6 nitrogen and oxygen atoms in total. The van der Waals surface area contributed by atoms with Gasteiger partial charge >= 0.3 is 0 Å². The molecule has 2 saturated heterocycles. The van der Waals surface area contributed by atoms with Gasteiger partial charge in [-0.2, -0.15) is 0 Å². The number of likely N-dealkylation sites (tertiary alicyclic amines) is 1. The van der Waals surface area contributed by atoms with Crippen molar-refractivity contribution in [2.75, 3.05) is 24.7 Å². The molecule has 0 bridgehead atoms. The maximum atomic E-state index is 12.1. The molecule has 3 amide bonds. The molecule has 0 aliphatic carbocycles. The lowest BCUT2D eigenvalue weighted by atomic mass is 10.2. The fraction of sp³-hybridized carbons (Fsp3) is 0.438. The van der Waals surface area contributed by atoms with Crippen LogP contribution in [0.15, 0.2) is 30.3 Å². The van der Waals surface area contributed by atoms with E-state index < -0.39 is 0 Å². The molecule has 2 aliphatic heterocycles. The van der Waals surface area contributed by atoms with Crippen LogP contribution in [-0.2, 0) is 20.9 Å². The number of nitrogens with zero attached hydrogens (tertiary/aromatic N) is 2. The molecule has 3 rings (SSSR count). The lowest BCUT2D eigenvalue weighted by molar-refractivity contribution is -0.132. The topological polar surface area (TPSA) is 69.7 Å². The van der Waals surface area contributed by atoms with Crippen molar-refractivity contribution < 1.29 is 14.4 Å². The van der Waals surface area contributed by atoms with E-state index in [0.717, 1.165) is 5.56 Å². The van der Waals surface area contributed by atoms with Crippen LogP contribution in [0, 0.1) is 0 Å². The smallest absolute Gasteiger partial charge is 0.239 e. The molecule has 122 valence electrons. The van der Waals surface area contributed by atoms with Gasteiger partial charge in [-0.25, -0.2) is 0 Å². The van der Waals surface area contributed by atoms with E-state index in [0.29, 0.717) is 31.1 Å². The van der Waals surface area contributed by atoms with E-state index in [1.807, 2.05) is 30.3 Å². The highest BCUT2D eigenvalue weighted by Crippen LogP contribution is 2.16. The van der Waals surface area contributed by atoms with Crippen LogP contribution < -0.4 is 5.32 Å². The summed E-state index contributed by atoms with van der Waals surface area (Å²) in [5.74, 6) is 0.862. The summed E-state index contributed by atoms with van der Waals surface area (Å²) in [6, 6.07) is 9.62. The van der Waals surface area contributed by atoms with Crippen LogP contribution in [0.4, 0.5) is 0 Å². The van der Waals surface area contributed by atoms with Crippen molar-refractivity contribution in [2.45, 2.75) is 19.0 Å². The zero-order valence-corrected chi connectivity index (χ0v) is 13.6. The number of nitrogens with one attached hydrogen (secondary N) is 1. The highest BCUT2D eigenvalue weighted by molar-refractivity contribution is 8.00. The number of carbonyl (C=O) groups is 3. The van der Waals surface area contributed by atoms with E-state index in [-0.39, 0.29) is 30.3 Å². The number of carbonyl (C=O) groups excluding carboxylic acids is 3. The third-order valence-electron chi connectivity index (χ3n) is 3.96. The first-order valence-corrected chi connectivity index (χ1v) is 8.74. The van der Waals surface area contributed by atoms with E-state index >= 15 is 0 Å². The third kappa shape index (κ3) is 4.04. The molecule has 1 aromatic carbocycles. The normalized spacial score (nSPS) is 21.1. The fourth-order valence-corrected chi connectivity index (χ4v) is 3.72. The van der Waals surface area contributed by atoms with Crippen LogP contribution >= 0.6 is 11.8 Å². The highest BCUT2D eigenvalue weighted by Gasteiger charge is 2.31. The predicted molar refractivity (Wildman–Crippen MR) is 87.4 cm³/mol. The maximum Gasteiger partial charge on any atom is 0.239 e. The SMILES string of the molecule is O=C(CN1CSCC1=O)N[C@@H]1CC(=O)N(Cc2ccccc2)C1. The summed E-state index contributed by atoms with van der Waals surface area (Å²) >= 11 is 1.51. The predicted octanol–water partition coefficient (Wildman–Crippen LogP) is 0.437. The van der Waals surface area contributed by atoms with Gasteiger partial charge in [0.2, 0.25) is 17.7 Å². The average Bonchev–Trinajstić information content (AvgIpc) is 3.07. The van der Waals surface area contributed by atoms with Crippen molar-refractivity contribution in [1.29, 1.82) is 0 Å². The van der Waals surface area contributed by atoms with Crippen LogP contribution in [0.25, 0.3) is 0 Å². The van der Waals surface area contributed by atoms with E-state index in [1.165, 1.54) is 11.8 Å². The Kier molecular flexibility index (Phi) is 4.85. The molecular formula is C16H19N3O3S. The monoisotopic (exact) mass is 333 g/mol. The molecule has 0 radical (unpaired) electrons. The summed E-state index contributed by atoms with van der Waals surface area (Å²) in [7, 11) is 0. The minimum atomic E-state index is -0.194. The first kappa shape index (κ1) is 15.9. The second-order valence-corrected chi connectivity index (χ2v) is 6.75. The van der Waals surface area contributed by atoms with Gasteiger partial charge in [0.1, 0.15) is 6.54 Å². The maximum absolute atomic E-state index is 12.1. The second kappa shape index (κ2) is 7.04. The van der Waals surface area contributed by atoms with Crippen molar-refractivity contribution in [2.24, 2.45) is 0 Å². The Morgan fingerprint density at radius 3 is 2.65 bits per heavy atom. The molecule has 2 fully saturated rings. The number of thioether (sulfide) groups is 1. The molecule has 2 heterocycles. The molecule has 23 heavy (non-hydrogen) atoms. The number of rotatable bonds is 5. The Balaban J connectivity index is 1.49. The summed E-state index contributed by atoms with van der Waals surface area (Å²) < 4.78 is 0. The van der Waals surface area contributed by atoms with E-state index in [1.54, 1.807) is 9.80 Å². The molecule has 7 heteroatoms. The molecule has 0 saturated carbocycles. The first-order chi connectivity index (χ1) is 11.1. The summed E-state index contributed by atoms with van der Waals surface area (Å²) in [5.41, 5.74) is 1.08. The van der Waals surface area contributed by atoms with Crippen molar-refractivity contribution in [3.63, 3.8) is 0 Å².